The second-order valence-electron chi connectivity index (χ2n) is 2.40. The van der Waals surface area contributed by atoms with Crippen LogP contribution in [0.15, 0.2) is 0 Å². The fraction of sp³-hybridized carbons (Fsp3) is 0.714. The minimum absolute atomic E-state index is 0.180. The molecule has 4 N–H and O–H groups in total. The summed E-state index contributed by atoms with van der Waals surface area (Å²) in [5.41, 5.74) is 4.89. The molecule has 0 aliphatic rings. The topological polar surface area (TPSA) is 92.4 Å². The highest BCUT2D eigenvalue weighted by Crippen LogP contribution is 2.00. The maximum absolute atomic E-state index is 10.3. The summed E-state index contributed by atoms with van der Waals surface area (Å²) in [5.74, 6) is 0.238. The smallest absolute Gasteiger partial charge is 0.304 e. The number of aliphatic carboxylic acids is 1. The number of nitrogens with two attached hydrogens (primary N) is 1. The quantitative estimate of drug-likeness (QED) is 0.455. The number of primary amides is 1. The Balaban J connectivity index is 3.00. The molecule has 6 heteroatoms. The Labute approximate surface area is 81.1 Å². The van der Waals surface area contributed by atoms with E-state index in [0.29, 0.717) is 12.3 Å². The van der Waals surface area contributed by atoms with Crippen LogP contribution in [0.1, 0.15) is 6.42 Å². The van der Waals surface area contributed by atoms with Crippen molar-refractivity contribution in [2.24, 2.45) is 5.73 Å². The van der Waals surface area contributed by atoms with Crippen molar-refractivity contribution in [3.05, 3.63) is 0 Å². The number of carboxylic acids is 1. The zero-order valence-corrected chi connectivity index (χ0v) is 8.10. The minimum atomic E-state index is -0.780. The first-order chi connectivity index (χ1) is 6.13. The largest absolute Gasteiger partial charge is 0.481 e. The van der Waals surface area contributed by atoms with Crippen LogP contribution in [0.25, 0.3) is 0 Å². The van der Waals surface area contributed by atoms with E-state index >= 15 is 0 Å². The van der Waals surface area contributed by atoms with Crippen molar-refractivity contribution >= 4 is 23.6 Å². The van der Waals surface area contributed by atoms with Gasteiger partial charge in [0, 0.05) is 18.1 Å². The number of hydrogen-bond donors (Lipinski definition) is 3. The SMILES string of the molecule is NC(=O)CNCCSCCC(=O)O. The Morgan fingerprint density at radius 1 is 1.38 bits per heavy atom. The summed E-state index contributed by atoms with van der Waals surface area (Å²) in [6.45, 7) is 0.854. The summed E-state index contributed by atoms with van der Waals surface area (Å²) >= 11 is 1.54. The zero-order chi connectivity index (χ0) is 10.1. The summed E-state index contributed by atoms with van der Waals surface area (Å²) in [7, 11) is 0. The molecule has 0 aromatic carbocycles. The van der Waals surface area contributed by atoms with Gasteiger partial charge in [0.05, 0.1) is 13.0 Å². The first-order valence-electron chi connectivity index (χ1n) is 3.91. The predicted octanol–water partition coefficient (Wildman–Crippen LogP) is -0.731. The van der Waals surface area contributed by atoms with Crippen molar-refractivity contribution in [2.45, 2.75) is 6.42 Å². The lowest BCUT2D eigenvalue weighted by atomic mass is 10.5. The number of thioether (sulfide) groups is 1. The number of amides is 1. The van der Waals surface area contributed by atoms with Gasteiger partial charge in [0.25, 0.3) is 0 Å². The number of hydrogen-bond acceptors (Lipinski definition) is 4. The zero-order valence-electron chi connectivity index (χ0n) is 7.28. The first-order valence-corrected chi connectivity index (χ1v) is 5.07. The standard InChI is InChI=1S/C7H14N2O3S/c8-6(10)5-9-2-4-13-3-1-7(11)12/h9H,1-5H2,(H2,8,10)(H,11,12). The molecule has 0 saturated carbocycles. The molecule has 1 amide bonds. The molecule has 0 saturated heterocycles. The van der Waals surface area contributed by atoms with E-state index in [-0.39, 0.29) is 18.9 Å². The van der Waals surface area contributed by atoms with E-state index in [2.05, 4.69) is 5.32 Å². The lowest BCUT2D eigenvalue weighted by Gasteiger charge is -2.00. The average Bonchev–Trinajstić information content (AvgIpc) is 2.01. The van der Waals surface area contributed by atoms with Gasteiger partial charge in [0.15, 0.2) is 0 Å². The molecule has 0 aliphatic heterocycles. The molecule has 0 aromatic rings. The molecule has 0 atom stereocenters. The van der Waals surface area contributed by atoms with E-state index < -0.39 is 5.97 Å². The number of nitrogens with one attached hydrogen (secondary N) is 1. The van der Waals surface area contributed by atoms with Crippen molar-refractivity contribution in [1.82, 2.24) is 5.32 Å². The van der Waals surface area contributed by atoms with Crippen LogP contribution in [0.2, 0.25) is 0 Å². The van der Waals surface area contributed by atoms with Crippen molar-refractivity contribution < 1.29 is 14.7 Å². The van der Waals surface area contributed by atoms with Crippen molar-refractivity contribution in [1.29, 1.82) is 0 Å². The number of carbonyl (C=O) groups excluding carboxylic acids is 1. The van der Waals surface area contributed by atoms with Crippen LogP contribution in [-0.2, 0) is 9.59 Å². The monoisotopic (exact) mass is 206 g/mol. The number of carbonyl (C=O) groups is 2. The number of carboxylic acid groups (broad SMARTS) is 1. The molecule has 0 unspecified atom stereocenters. The Morgan fingerprint density at radius 2 is 2.08 bits per heavy atom. The second-order valence-corrected chi connectivity index (χ2v) is 3.62. The maximum atomic E-state index is 10.3. The van der Waals surface area contributed by atoms with Crippen LogP contribution in [0.4, 0.5) is 0 Å². The van der Waals surface area contributed by atoms with E-state index in [1.165, 1.54) is 11.8 Å². The summed E-state index contributed by atoms with van der Waals surface area (Å²) in [4.78, 5) is 20.3. The Bertz CT molecular complexity index is 157. The molecule has 0 spiro atoms. The van der Waals surface area contributed by atoms with Gasteiger partial charge in [-0.3, -0.25) is 9.59 Å². The minimum Gasteiger partial charge on any atom is -0.481 e. The van der Waals surface area contributed by atoms with Crippen molar-refractivity contribution in [3.63, 3.8) is 0 Å². The maximum Gasteiger partial charge on any atom is 0.304 e. The van der Waals surface area contributed by atoms with E-state index in [0.717, 1.165) is 5.75 Å². The molecule has 76 valence electrons. The molecular weight excluding hydrogens is 192 g/mol. The molecule has 0 radical (unpaired) electrons. The van der Waals surface area contributed by atoms with Crippen LogP contribution >= 0.6 is 11.8 Å². The van der Waals surface area contributed by atoms with Crippen molar-refractivity contribution in [2.75, 3.05) is 24.6 Å². The van der Waals surface area contributed by atoms with E-state index in [1.54, 1.807) is 0 Å². The third-order valence-electron chi connectivity index (χ3n) is 1.18. The summed E-state index contributed by atoms with van der Waals surface area (Å²) in [6.07, 6.45) is 0.181. The van der Waals surface area contributed by atoms with Crippen LogP contribution in [0.3, 0.4) is 0 Å². The van der Waals surface area contributed by atoms with Crippen LogP contribution in [0, 0.1) is 0 Å². The van der Waals surface area contributed by atoms with Gasteiger partial charge in [-0.1, -0.05) is 0 Å². The van der Waals surface area contributed by atoms with Gasteiger partial charge in [0.2, 0.25) is 5.91 Å². The third-order valence-corrected chi connectivity index (χ3v) is 2.17. The highest BCUT2D eigenvalue weighted by Gasteiger charge is 1.96. The van der Waals surface area contributed by atoms with Gasteiger partial charge in [-0.05, 0) is 0 Å². The van der Waals surface area contributed by atoms with E-state index in [1.807, 2.05) is 0 Å². The summed E-state index contributed by atoms with van der Waals surface area (Å²) in [5, 5.41) is 11.1. The molecule has 0 aliphatic carbocycles. The lowest BCUT2D eigenvalue weighted by molar-refractivity contribution is -0.136. The third kappa shape index (κ3) is 11.2. The fourth-order valence-electron chi connectivity index (χ4n) is 0.617. The lowest BCUT2D eigenvalue weighted by Crippen LogP contribution is -2.30. The summed E-state index contributed by atoms with van der Waals surface area (Å²) in [6, 6.07) is 0. The Morgan fingerprint density at radius 3 is 2.62 bits per heavy atom. The van der Waals surface area contributed by atoms with Crippen LogP contribution < -0.4 is 11.1 Å². The van der Waals surface area contributed by atoms with Gasteiger partial charge >= 0.3 is 5.97 Å². The van der Waals surface area contributed by atoms with Crippen molar-refractivity contribution in [3.8, 4) is 0 Å². The highest BCUT2D eigenvalue weighted by atomic mass is 32.2. The highest BCUT2D eigenvalue weighted by molar-refractivity contribution is 7.99. The molecule has 0 bridgehead atoms. The van der Waals surface area contributed by atoms with Gasteiger partial charge in [-0.25, -0.2) is 0 Å². The molecule has 0 fully saturated rings. The molecule has 0 rings (SSSR count). The molecule has 0 heterocycles. The Hall–Kier alpha value is -0.750. The number of rotatable bonds is 8. The molecule has 13 heavy (non-hydrogen) atoms. The molecule has 5 nitrogen and oxygen atoms in total. The fourth-order valence-corrected chi connectivity index (χ4v) is 1.43. The first kappa shape index (κ1) is 12.2. The van der Waals surface area contributed by atoms with Gasteiger partial charge < -0.3 is 16.2 Å². The van der Waals surface area contributed by atoms with Gasteiger partial charge in [-0.15, -0.1) is 0 Å². The van der Waals surface area contributed by atoms with Crippen LogP contribution in [-0.4, -0.2) is 41.6 Å². The molecular formula is C7H14N2O3S. The Kier molecular flexibility index (Phi) is 7.42. The van der Waals surface area contributed by atoms with Gasteiger partial charge in [0.1, 0.15) is 0 Å². The van der Waals surface area contributed by atoms with Crippen LogP contribution in [0.5, 0.6) is 0 Å². The van der Waals surface area contributed by atoms with Gasteiger partial charge in [-0.2, -0.15) is 11.8 Å². The predicted molar refractivity (Wildman–Crippen MR) is 51.6 cm³/mol. The average molecular weight is 206 g/mol. The second kappa shape index (κ2) is 7.88. The van der Waals surface area contributed by atoms with E-state index in [4.69, 9.17) is 10.8 Å². The molecule has 0 aromatic heterocycles. The summed E-state index contributed by atoms with van der Waals surface area (Å²) < 4.78 is 0. The normalized spacial score (nSPS) is 9.85. The van der Waals surface area contributed by atoms with E-state index in [9.17, 15) is 9.59 Å².